The van der Waals surface area contributed by atoms with Gasteiger partial charge < -0.3 is 9.84 Å². The van der Waals surface area contributed by atoms with Crippen molar-refractivity contribution in [3.63, 3.8) is 0 Å². The molecule has 1 unspecified atom stereocenters. The first kappa shape index (κ1) is 12.2. The fraction of sp³-hybridized carbons (Fsp3) is 0.133. The van der Waals surface area contributed by atoms with Crippen LogP contribution >= 0.6 is 0 Å². The number of carbonyl (C=O) groups is 1. The Morgan fingerprint density at radius 1 is 1.06 bits per heavy atom. The van der Waals surface area contributed by atoms with Gasteiger partial charge in [0.15, 0.2) is 0 Å². The molecule has 0 aliphatic rings. The van der Waals surface area contributed by atoms with Crippen LogP contribution in [0.3, 0.4) is 0 Å². The minimum Gasteiger partial charge on any atom is -0.497 e. The van der Waals surface area contributed by atoms with Crippen LogP contribution in [-0.4, -0.2) is 18.2 Å². The Kier molecular flexibility index (Phi) is 3.63. The van der Waals surface area contributed by atoms with E-state index in [0.29, 0.717) is 11.3 Å². The summed E-state index contributed by atoms with van der Waals surface area (Å²) < 4.78 is 5.13. The van der Waals surface area contributed by atoms with Crippen molar-refractivity contribution in [1.29, 1.82) is 0 Å². The molecule has 0 fully saturated rings. The summed E-state index contributed by atoms with van der Waals surface area (Å²) in [4.78, 5) is 11.5. The molecule has 0 aromatic heterocycles. The molecule has 2 aromatic carbocycles. The van der Waals surface area contributed by atoms with Crippen molar-refractivity contribution < 1.29 is 14.6 Å². The Balaban J connectivity index is 2.45. The SMILES string of the molecule is COc1cccc(C(C(=O)O)c2ccccc2)c1. The van der Waals surface area contributed by atoms with Crippen molar-refractivity contribution in [3.8, 4) is 5.75 Å². The van der Waals surface area contributed by atoms with Gasteiger partial charge in [-0.15, -0.1) is 0 Å². The highest BCUT2D eigenvalue weighted by molar-refractivity contribution is 5.80. The molecule has 0 radical (unpaired) electrons. The van der Waals surface area contributed by atoms with Crippen molar-refractivity contribution in [2.75, 3.05) is 7.11 Å². The number of methoxy groups -OCH3 is 1. The molecule has 2 rings (SSSR count). The largest absolute Gasteiger partial charge is 0.497 e. The number of carboxylic acid groups (broad SMARTS) is 1. The number of benzene rings is 2. The number of ether oxygens (including phenoxy) is 1. The van der Waals surface area contributed by atoms with Crippen LogP contribution in [0.25, 0.3) is 0 Å². The standard InChI is InChI=1S/C15H14O3/c1-18-13-9-5-8-12(10-13)14(15(16)17)11-6-3-2-4-7-11/h2-10,14H,1H3,(H,16,17). The van der Waals surface area contributed by atoms with Crippen LogP contribution in [0, 0.1) is 0 Å². The highest BCUT2D eigenvalue weighted by Gasteiger charge is 2.22. The summed E-state index contributed by atoms with van der Waals surface area (Å²) in [5.74, 6) is -0.870. The lowest BCUT2D eigenvalue weighted by molar-refractivity contribution is -0.137. The molecular formula is C15H14O3. The average molecular weight is 242 g/mol. The Bertz CT molecular complexity index is 534. The first-order valence-corrected chi connectivity index (χ1v) is 5.64. The molecule has 1 atom stereocenters. The van der Waals surface area contributed by atoms with Gasteiger partial charge in [0.2, 0.25) is 0 Å². The smallest absolute Gasteiger partial charge is 0.315 e. The fourth-order valence-electron chi connectivity index (χ4n) is 1.94. The van der Waals surface area contributed by atoms with Crippen molar-refractivity contribution in [2.45, 2.75) is 5.92 Å². The van der Waals surface area contributed by atoms with E-state index >= 15 is 0 Å². The number of carboxylic acids is 1. The monoisotopic (exact) mass is 242 g/mol. The van der Waals surface area contributed by atoms with Gasteiger partial charge in [0.25, 0.3) is 0 Å². The predicted molar refractivity (Wildman–Crippen MR) is 68.9 cm³/mol. The lowest BCUT2D eigenvalue weighted by Crippen LogP contribution is -2.13. The van der Waals surface area contributed by atoms with Crippen LogP contribution in [0.2, 0.25) is 0 Å². The van der Waals surface area contributed by atoms with Crippen LogP contribution in [0.4, 0.5) is 0 Å². The molecule has 1 N–H and O–H groups in total. The third-order valence-corrected chi connectivity index (χ3v) is 2.81. The number of rotatable bonds is 4. The zero-order valence-electron chi connectivity index (χ0n) is 10.0. The zero-order valence-corrected chi connectivity index (χ0v) is 10.0. The normalized spacial score (nSPS) is 11.8. The van der Waals surface area contributed by atoms with Crippen LogP contribution in [0.1, 0.15) is 17.0 Å². The summed E-state index contributed by atoms with van der Waals surface area (Å²) >= 11 is 0. The van der Waals surface area contributed by atoms with E-state index in [9.17, 15) is 9.90 Å². The van der Waals surface area contributed by atoms with Gasteiger partial charge in [-0.2, -0.15) is 0 Å². The van der Waals surface area contributed by atoms with E-state index in [2.05, 4.69) is 0 Å². The maximum atomic E-state index is 11.5. The Labute approximate surface area is 106 Å². The van der Waals surface area contributed by atoms with E-state index in [1.54, 1.807) is 31.4 Å². The summed E-state index contributed by atoms with van der Waals surface area (Å²) in [6.07, 6.45) is 0. The molecular weight excluding hydrogens is 228 g/mol. The van der Waals surface area contributed by atoms with E-state index in [4.69, 9.17) is 4.74 Å². The fourth-order valence-corrected chi connectivity index (χ4v) is 1.94. The van der Waals surface area contributed by atoms with Gasteiger partial charge in [0, 0.05) is 0 Å². The molecule has 0 heterocycles. The second-order valence-electron chi connectivity index (χ2n) is 3.96. The van der Waals surface area contributed by atoms with Gasteiger partial charge in [-0.3, -0.25) is 4.79 Å². The van der Waals surface area contributed by atoms with Gasteiger partial charge in [0.1, 0.15) is 11.7 Å². The van der Waals surface area contributed by atoms with Crippen LogP contribution in [0.5, 0.6) is 5.75 Å². The second-order valence-corrected chi connectivity index (χ2v) is 3.96. The summed E-state index contributed by atoms with van der Waals surface area (Å²) in [5.41, 5.74) is 1.48. The topological polar surface area (TPSA) is 46.5 Å². The quantitative estimate of drug-likeness (QED) is 0.896. The summed E-state index contributed by atoms with van der Waals surface area (Å²) in [6, 6.07) is 16.3. The Hall–Kier alpha value is -2.29. The average Bonchev–Trinajstić information content (AvgIpc) is 2.40. The molecule has 92 valence electrons. The Morgan fingerprint density at radius 3 is 2.33 bits per heavy atom. The Morgan fingerprint density at radius 2 is 1.72 bits per heavy atom. The summed E-state index contributed by atoms with van der Waals surface area (Å²) in [6.45, 7) is 0. The molecule has 0 bridgehead atoms. The summed E-state index contributed by atoms with van der Waals surface area (Å²) in [5, 5.41) is 9.40. The molecule has 2 aromatic rings. The van der Waals surface area contributed by atoms with Crippen molar-refractivity contribution in [3.05, 3.63) is 65.7 Å². The lowest BCUT2D eigenvalue weighted by atomic mass is 9.91. The van der Waals surface area contributed by atoms with Gasteiger partial charge in [0.05, 0.1) is 7.11 Å². The molecule has 18 heavy (non-hydrogen) atoms. The molecule has 0 aliphatic heterocycles. The van der Waals surface area contributed by atoms with Gasteiger partial charge in [-0.25, -0.2) is 0 Å². The van der Waals surface area contributed by atoms with Crippen molar-refractivity contribution >= 4 is 5.97 Å². The van der Waals surface area contributed by atoms with E-state index < -0.39 is 11.9 Å². The molecule has 0 saturated carbocycles. The maximum absolute atomic E-state index is 11.5. The van der Waals surface area contributed by atoms with Crippen molar-refractivity contribution in [1.82, 2.24) is 0 Å². The summed E-state index contributed by atoms with van der Waals surface area (Å²) in [7, 11) is 1.57. The molecule has 0 spiro atoms. The first-order valence-electron chi connectivity index (χ1n) is 5.64. The van der Waals surface area contributed by atoms with E-state index in [1.807, 2.05) is 30.3 Å². The van der Waals surface area contributed by atoms with Gasteiger partial charge in [-0.1, -0.05) is 42.5 Å². The third-order valence-electron chi connectivity index (χ3n) is 2.81. The van der Waals surface area contributed by atoms with Gasteiger partial charge in [-0.05, 0) is 23.3 Å². The molecule has 0 aliphatic carbocycles. The number of hydrogen-bond acceptors (Lipinski definition) is 2. The zero-order chi connectivity index (χ0) is 13.0. The highest BCUT2D eigenvalue weighted by Crippen LogP contribution is 2.27. The third kappa shape index (κ3) is 2.51. The van der Waals surface area contributed by atoms with E-state index in [1.165, 1.54) is 0 Å². The van der Waals surface area contributed by atoms with E-state index in [-0.39, 0.29) is 0 Å². The molecule has 0 saturated heterocycles. The van der Waals surface area contributed by atoms with Crippen LogP contribution in [0.15, 0.2) is 54.6 Å². The number of aliphatic carboxylic acids is 1. The van der Waals surface area contributed by atoms with E-state index in [0.717, 1.165) is 5.56 Å². The highest BCUT2D eigenvalue weighted by atomic mass is 16.5. The second kappa shape index (κ2) is 5.36. The van der Waals surface area contributed by atoms with Crippen LogP contribution in [-0.2, 0) is 4.79 Å². The molecule has 3 nitrogen and oxygen atoms in total. The maximum Gasteiger partial charge on any atom is 0.315 e. The first-order chi connectivity index (χ1) is 8.72. The molecule has 0 amide bonds. The lowest BCUT2D eigenvalue weighted by Gasteiger charge is -2.14. The predicted octanol–water partition coefficient (Wildman–Crippen LogP) is 2.91. The number of hydrogen-bond donors (Lipinski definition) is 1. The van der Waals surface area contributed by atoms with Gasteiger partial charge >= 0.3 is 5.97 Å². The molecule has 3 heteroatoms. The van der Waals surface area contributed by atoms with Crippen LogP contribution < -0.4 is 4.74 Å². The van der Waals surface area contributed by atoms with Crippen molar-refractivity contribution in [2.24, 2.45) is 0 Å². The minimum absolute atomic E-state index is 0.662. The minimum atomic E-state index is -0.866.